The average molecular weight is 419 g/mol. The van der Waals surface area contributed by atoms with Crippen LogP contribution in [0.25, 0.3) is 11.1 Å². The molecule has 0 bridgehead atoms. The molecule has 0 aliphatic heterocycles. The summed E-state index contributed by atoms with van der Waals surface area (Å²) in [5.74, 6) is 0.384. The van der Waals surface area contributed by atoms with Gasteiger partial charge in [0, 0.05) is 18.4 Å². The summed E-state index contributed by atoms with van der Waals surface area (Å²) in [4.78, 5) is 24.0. The summed E-state index contributed by atoms with van der Waals surface area (Å²) in [6.07, 6.45) is 1.77. The molecule has 0 aliphatic rings. The molecule has 7 nitrogen and oxygen atoms in total. The van der Waals surface area contributed by atoms with E-state index < -0.39 is 0 Å². The van der Waals surface area contributed by atoms with Crippen molar-refractivity contribution in [2.24, 2.45) is 0 Å². The van der Waals surface area contributed by atoms with Crippen LogP contribution < -0.4 is 15.2 Å². The maximum atomic E-state index is 12.0. The third-order valence-electron chi connectivity index (χ3n) is 4.62. The Labute approximate surface area is 182 Å². The number of nitrogens with two attached hydrogens (primary N) is 1. The van der Waals surface area contributed by atoms with Crippen molar-refractivity contribution in [1.29, 1.82) is 10.5 Å². The molecule has 0 radical (unpaired) electrons. The number of nitriles is 2. The number of nitrogens with zero attached hydrogens (tertiary/aromatic N) is 2. The highest BCUT2D eigenvalue weighted by atomic mass is 16.5. The van der Waals surface area contributed by atoms with Crippen molar-refractivity contribution in [3.8, 4) is 34.8 Å². The number of benzene rings is 2. The van der Waals surface area contributed by atoms with Crippen molar-refractivity contribution in [1.82, 2.24) is 0 Å². The van der Waals surface area contributed by atoms with Crippen molar-refractivity contribution in [3.63, 3.8) is 0 Å². The number of anilines is 1. The van der Waals surface area contributed by atoms with Crippen LogP contribution in [0, 0.1) is 22.7 Å². The van der Waals surface area contributed by atoms with Crippen molar-refractivity contribution < 1.29 is 19.1 Å². The minimum absolute atomic E-state index is 0.136. The van der Waals surface area contributed by atoms with E-state index in [0.29, 0.717) is 66.0 Å². The number of nitrogen functional groups attached to an aromatic ring is 1. The predicted molar refractivity (Wildman–Crippen MR) is 117 cm³/mol. The predicted octanol–water partition coefficient (Wildman–Crippen LogP) is 4.71. The van der Waals surface area contributed by atoms with Crippen LogP contribution in [0.2, 0.25) is 0 Å². The van der Waals surface area contributed by atoms with E-state index in [1.54, 1.807) is 30.3 Å². The summed E-state index contributed by atoms with van der Waals surface area (Å²) in [5, 5.41) is 17.4. The highest BCUT2D eigenvalue weighted by Crippen LogP contribution is 2.38. The quantitative estimate of drug-likeness (QED) is 0.317. The molecule has 0 aromatic heterocycles. The summed E-state index contributed by atoms with van der Waals surface area (Å²) in [6.45, 7) is 3.47. The first-order valence-electron chi connectivity index (χ1n) is 9.99. The molecule has 0 saturated heterocycles. The lowest BCUT2D eigenvalue weighted by molar-refractivity contribution is 0.100. The van der Waals surface area contributed by atoms with Crippen LogP contribution >= 0.6 is 0 Å². The molecular weight excluding hydrogens is 394 g/mol. The lowest BCUT2D eigenvalue weighted by atomic mass is 9.97. The van der Waals surface area contributed by atoms with Gasteiger partial charge in [0.1, 0.15) is 5.75 Å². The Bertz CT molecular complexity index is 1050. The van der Waals surface area contributed by atoms with E-state index in [-0.39, 0.29) is 23.9 Å². The van der Waals surface area contributed by atoms with Crippen LogP contribution in [0.15, 0.2) is 30.3 Å². The first-order valence-corrected chi connectivity index (χ1v) is 9.99. The van der Waals surface area contributed by atoms with E-state index in [4.69, 9.17) is 25.7 Å². The van der Waals surface area contributed by atoms with Crippen LogP contribution in [0.4, 0.5) is 5.69 Å². The fraction of sp³-hybridized carbons (Fsp3) is 0.333. The molecule has 0 fully saturated rings. The van der Waals surface area contributed by atoms with Gasteiger partial charge in [0.2, 0.25) is 0 Å². The summed E-state index contributed by atoms with van der Waals surface area (Å²) in [5.41, 5.74) is 8.82. The molecule has 0 aliphatic carbocycles. The first-order chi connectivity index (χ1) is 14.9. The Morgan fingerprint density at radius 1 is 0.903 bits per heavy atom. The summed E-state index contributed by atoms with van der Waals surface area (Å²) in [6, 6.07) is 12.6. The zero-order chi connectivity index (χ0) is 22.8. The molecule has 2 N–H and O–H groups in total. The highest BCUT2D eigenvalue weighted by molar-refractivity contribution is 6.01. The number of carbonyl (C=O) groups excluding carboxylic acids is 2. The minimum atomic E-state index is -0.179. The number of Topliss-reactive ketones (excluding diaryl/α,β-unsaturated/α-hetero) is 2. The van der Waals surface area contributed by atoms with E-state index in [0.717, 1.165) is 0 Å². The Kier molecular flexibility index (Phi) is 8.60. The molecular formula is C24H25N3O4. The Morgan fingerprint density at radius 2 is 1.48 bits per heavy atom. The summed E-state index contributed by atoms with van der Waals surface area (Å²) in [7, 11) is 0. The van der Waals surface area contributed by atoms with E-state index >= 15 is 0 Å². The maximum absolute atomic E-state index is 12.0. The molecule has 7 heteroatoms. The first kappa shape index (κ1) is 23.4. The van der Waals surface area contributed by atoms with E-state index in [1.165, 1.54) is 13.8 Å². The normalized spacial score (nSPS) is 10.1. The van der Waals surface area contributed by atoms with Gasteiger partial charge in [-0.05, 0) is 50.5 Å². The Balaban J connectivity index is 2.44. The molecule has 160 valence electrons. The summed E-state index contributed by atoms with van der Waals surface area (Å²) < 4.78 is 11.5. The number of hydrogen-bond donors (Lipinski definition) is 1. The molecule has 2 aromatic rings. The lowest BCUT2D eigenvalue weighted by Gasteiger charge is -2.17. The smallest absolute Gasteiger partial charge is 0.163 e. The molecule has 31 heavy (non-hydrogen) atoms. The standard InChI is InChI=1S/C24H25N3O4/c1-16(28)19-8-7-18(15-22(19)30-13-5-3-11-25)21-10-9-20(17(2)29)24(23(21)27)31-14-6-4-12-26/h7-10,15H,3-6,13-14,27H2,1-2H3. The Morgan fingerprint density at radius 3 is 2.06 bits per heavy atom. The molecule has 0 amide bonds. The van der Waals surface area contributed by atoms with E-state index in [9.17, 15) is 9.59 Å². The van der Waals surface area contributed by atoms with Crippen LogP contribution in [0.5, 0.6) is 11.5 Å². The van der Waals surface area contributed by atoms with Crippen LogP contribution in [-0.4, -0.2) is 24.8 Å². The second-order valence-corrected chi connectivity index (χ2v) is 6.95. The fourth-order valence-corrected chi connectivity index (χ4v) is 3.04. The van der Waals surface area contributed by atoms with Gasteiger partial charge in [-0.1, -0.05) is 12.1 Å². The SMILES string of the molecule is CC(=O)c1ccc(-c2ccc(C(C)=O)c(OCCCC#N)c2N)cc1OCCCC#N. The van der Waals surface area contributed by atoms with Crippen molar-refractivity contribution in [2.45, 2.75) is 39.5 Å². The minimum Gasteiger partial charge on any atom is -0.493 e. The van der Waals surface area contributed by atoms with Gasteiger partial charge >= 0.3 is 0 Å². The number of hydrogen-bond acceptors (Lipinski definition) is 7. The molecule has 2 rings (SSSR count). The Hall–Kier alpha value is -3.84. The molecule has 0 atom stereocenters. The van der Waals surface area contributed by atoms with Gasteiger partial charge in [0.25, 0.3) is 0 Å². The second kappa shape index (κ2) is 11.4. The van der Waals surface area contributed by atoms with Crippen LogP contribution in [-0.2, 0) is 0 Å². The number of rotatable bonds is 11. The molecule has 0 saturated carbocycles. The molecule has 0 heterocycles. The third-order valence-corrected chi connectivity index (χ3v) is 4.62. The van der Waals surface area contributed by atoms with Gasteiger partial charge in [-0.3, -0.25) is 9.59 Å². The second-order valence-electron chi connectivity index (χ2n) is 6.95. The number of carbonyl (C=O) groups is 2. The number of ether oxygens (including phenoxy) is 2. The zero-order valence-corrected chi connectivity index (χ0v) is 17.7. The van der Waals surface area contributed by atoms with Gasteiger partial charge in [-0.15, -0.1) is 0 Å². The monoisotopic (exact) mass is 419 g/mol. The number of ketones is 2. The molecule has 0 unspecified atom stereocenters. The van der Waals surface area contributed by atoms with Gasteiger partial charge in [0.05, 0.1) is 42.2 Å². The zero-order valence-electron chi connectivity index (χ0n) is 17.7. The average Bonchev–Trinajstić information content (AvgIpc) is 2.74. The van der Waals surface area contributed by atoms with Gasteiger partial charge in [-0.2, -0.15) is 10.5 Å². The topological polar surface area (TPSA) is 126 Å². The lowest BCUT2D eigenvalue weighted by Crippen LogP contribution is -2.07. The van der Waals surface area contributed by atoms with Gasteiger partial charge < -0.3 is 15.2 Å². The van der Waals surface area contributed by atoms with Gasteiger partial charge in [0.15, 0.2) is 17.3 Å². The van der Waals surface area contributed by atoms with Crippen LogP contribution in [0.1, 0.15) is 60.2 Å². The largest absolute Gasteiger partial charge is 0.493 e. The van der Waals surface area contributed by atoms with Crippen molar-refractivity contribution in [3.05, 3.63) is 41.5 Å². The summed E-state index contributed by atoms with van der Waals surface area (Å²) >= 11 is 0. The molecule has 2 aromatic carbocycles. The van der Waals surface area contributed by atoms with E-state index in [1.807, 2.05) is 0 Å². The van der Waals surface area contributed by atoms with Crippen molar-refractivity contribution >= 4 is 17.3 Å². The third kappa shape index (κ3) is 6.07. The van der Waals surface area contributed by atoms with Crippen LogP contribution in [0.3, 0.4) is 0 Å². The number of unbranched alkanes of at least 4 members (excludes halogenated alkanes) is 2. The van der Waals surface area contributed by atoms with E-state index in [2.05, 4.69) is 12.1 Å². The molecule has 0 spiro atoms. The maximum Gasteiger partial charge on any atom is 0.163 e. The van der Waals surface area contributed by atoms with Crippen molar-refractivity contribution in [2.75, 3.05) is 18.9 Å². The van der Waals surface area contributed by atoms with Gasteiger partial charge in [-0.25, -0.2) is 0 Å². The highest BCUT2D eigenvalue weighted by Gasteiger charge is 2.18. The fourth-order valence-electron chi connectivity index (χ4n) is 3.04.